The fraction of sp³-hybridized carbons (Fsp3) is 0.333. The van der Waals surface area contributed by atoms with Crippen LogP contribution in [0.1, 0.15) is 41.5 Å². The second-order valence-electron chi connectivity index (χ2n) is 5.18. The molecule has 1 heterocycles. The zero-order valence-electron chi connectivity index (χ0n) is 11.1. The van der Waals surface area contributed by atoms with Crippen molar-refractivity contribution < 1.29 is 9.90 Å². The number of fused-ring (bicyclic) bond motifs is 3. The lowest BCUT2D eigenvalue weighted by Crippen LogP contribution is -2.10. The van der Waals surface area contributed by atoms with Crippen molar-refractivity contribution in [2.45, 2.75) is 32.7 Å². The van der Waals surface area contributed by atoms with Crippen LogP contribution in [0.15, 0.2) is 24.3 Å². The summed E-state index contributed by atoms with van der Waals surface area (Å²) in [7, 11) is 0. The van der Waals surface area contributed by atoms with Crippen LogP contribution in [0.5, 0.6) is 0 Å². The third-order valence-electron chi connectivity index (χ3n) is 3.62. The molecule has 0 unspecified atom stereocenters. The first kappa shape index (κ1) is 12.0. The Labute approximate surface area is 111 Å². The minimum atomic E-state index is -0.935. The van der Waals surface area contributed by atoms with E-state index in [1.807, 2.05) is 30.7 Å². The van der Waals surface area contributed by atoms with Gasteiger partial charge in [-0.1, -0.05) is 24.3 Å². The van der Waals surface area contributed by atoms with Gasteiger partial charge in [0.25, 0.3) is 0 Å². The molecule has 1 aliphatic rings. The Morgan fingerprint density at radius 2 is 2.05 bits per heavy atom. The summed E-state index contributed by atoms with van der Waals surface area (Å²) in [5.74, 6) is -0.935. The molecule has 3 rings (SSSR count). The maximum atomic E-state index is 11.3. The zero-order chi connectivity index (χ0) is 13.6. The maximum absolute atomic E-state index is 11.3. The number of rotatable bonds is 2. The quantitative estimate of drug-likeness (QED) is 0.898. The van der Waals surface area contributed by atoms with Gasteiger partial charge in [0, 0.05) is 17.2 Å². The van der Waals surface area contributed by atoms with Crippen LogP contribution < -0.4 is 0 Å². The number of carbonyl (C=O) groups is 1. The van der Waals surface area contributed by atoms with Crippen molar-refractivity contribution in [3.05, 3.63) is 41.1 Å². The van der Waals surface area contributed by atoms with E-state index in [9.17, 15) is 9.90 Å². The molecule has 19 heavy (non-hydrogen) atoms. The third-order valence-corrected chi connectivity index (χ3v) is 3.62. The number of aromatic carboxylic acids is 1. The minimum absolute atomic E-state index is 0.146. The molecule has 1 aromatic carbocycles. The Morgan fingerprint density at radius 1 is 1.32 bits per heavy atom. The average molecular weight is 256 g/mol. The first-order valence-corrected chi connectivity index (χ1v) is 6.52. The molecule has 0 bridgehead atoms. The number of aryl methyl sites for hydroxylation is 1. The van der Waals surface area contributed by atoms with E-state index in [2.05, 4.69) is 17.2 Å². The van der Waals surface area contributed by atoms with Gasteiger partial charge in [0.2, 0.25) is 0 Å². The molecule has 0 saturated carbocycles. The van der Waals surface area contributed by atoms with Gasteiger partial charge in [0.15, 0.2) is 5.69 Å². The van der Waals surface area contributed by atoms with Gasteiger partial charge < -0.3 is 5.11 Å². The molecule has 0 spiro atoms. The topological polar surface area (TPSA) is 55.1 Å². The molecular formula is C15H16N2O2. The highest BCUT2D eigenvalue weighted by Crippen LogP contribution is 2.36. The van der Waals surface area contributed by atoms with Crippen LogP contribution in [0.4, 0.5) is 0 Å². The van der Waals surface area contributed by atoms with Crippen LogP contribution in [0.2, 0.25) is 0 Å². The van der Waals surface area contributed by atoms with Gasteiger partial charge in [-0.2, -0.15) is 5.10 Å². The summed E-state index contributed by atoms with van der Waals surface area (Å²) < 4.78 is 1.84. The number of aromatic nitrogens is 2. The molecule has 2 aromatic rings. The summed E-state index contributed by atoms with van der Waals surface area (Å²) in [6.45, 7) is 4.05. The Kier molecular flexibility index (Phi) is 2.66. The molecular weight excluding hydrogens is 240 g/mol. The SMILES string of the molecule is CC(C)n1nc(C(=O)O)c2c1-c1ccccc1CC2. The third kappa shape index (κ3) is 1.75. The van der Waals surface area contributed by atoms with Crippen LogP contribution in [-0.4, -0.2) is 20.9 Å². The van der Waals surface area contributed by atoms with Crippen LogP contribution >= 0.6 is 0 Å². The molecule has 0 fully saturated rings. The van der Waals surface area contributed by atoms with E-state index >= 15 is 0 Å². The number of hydrogen-bond acceptors (Lipinski definition) is 2. The van der Waals surface area contributed by atoms with E-state index in [1.54, 1.807) is 0 Å². The van der Waals surface area contributed by atoms with E-state index in [0.29, 0.717) is 0 Å². The number of benzene rings is 1. The second-order valence-corrected chi connectivity index (χ2v) is 5.18. The molecule has 0 aliphatic heterocycles. The average Bonchev–Trinajstić information content (AvgIpc) is 2.78. The lowest BCUT2D eigenvalue weighted by atomic mass is 9.89. The zero-order valence-corrected chi connectivity index (χ0v) is 11.1. The molecule has 1 aromatic heterocycles. The maximum Gasteiger partial charge on any atom is 0.356 e. The Hall–Kier alpha value is -2.10. The summed E-state index contributed by atoms with van der Waals surface area (Å²) in [6.07, 6.45) is 1.63. The predicted molar refractivity (Wildman–Crippen MR) is 72.4 cm³/mol. The highest BCUT2D eigenvalue weighted by atomic mass is 16.4. The van der Waals surface area contributed by atoms with E-state index in [0.717, 1.165) is 29.7 Å². The van der Waals surface area contributed by atoms with E-state index in [-0.39, 0.29) is 11.7 Å². The standard InChI is InChI=1S/C15H16N2O2/c1-9(2)17-14-11-6-4-3-5-10(11)7-8-12(14)13(16-17)15(18)19/h3-6,9H,7-8H2,1-2H3,(H,18,19). The summed E-state index contributed by atoms with van der Waals surface area (Å²) >= 11 is 0. The number of hydrogen-bond donors (Lipinski definition) is 1. The monoisotopic (exact) mass is 256 g/mol. The number of carboxylic acids is 1. The largest absolute Gasteiger partial charge is 0.476 e. The fourth-order valence-corrected chi connectivity index (χ4v) is 2.77. The summed E-state index contributed by atoms with van der Waals surface area (Å²) in [6, 6.07) is 8.33. The fourth-order valence-electron chi connectivity index (χ4n) is 2.77. The number of nitrogens with zero attached hydrogens (tertiary/aromatic N) is 2. The Morgan fingerprint density at radius 3 is 2.74 bits per heavy atom. The van der Waals surface area contributed by atoms with Gasteiger partial charge in [-0.15, -0.1) is 0 Å². The summed E-state index contributed by atoms with van der Waals surface area (Å²) in [5, 5.41) is 13.6. The molecule has 0 radical (unpaired) electrons. The normalized spacial score (nSPS) is 13.2. The van der Waals surface area contributed by atoms with Gasteiger partial charge in [-0.25, -0.2) is 4.79 Å². The van der Waals surface area contributed by atoms with Crippen molar-refractivity contribution in [3.63, 3.8) is 0 Å². The number of carboxylic acid groups (broad SMARTS) is 1. The molecule has 0 amide bonds. The first-order chi connectivity index (χ1) is 9.09. The van der Waals surface area contributed by atoms with E-state index in [4.69, 9.17) is 0 Å². The van der Waals surface area contributed by atoms with Crippen molar-refractivity contribution in [1.82, 2.24) is 9.78 Å². The molecule has 1 aliphatic carbocycles. The second kappa shape index (κ2) is 4.23. The van der Waals surface area contributed by atoms with Crippen molar-refractivity contribution in [2.24, 2.45) is 0 Å². The van der Waals surface area contributed by atoms with Crippen molar-refractivity contribution in [1.29, 1.82) is 0 Å². The van der Waals surface area contributed by atoms with Crippen molar-refractivity contribution in [3.8, 4) is 11.3 Å². The minimum Gasteiger partial charge on any atom is -0.476 e. The summed E-state index contributed by atoms with van der Waals surface area (Å²) in [5.41, 5.74) is 4.46. The Bertz CT molecular complexity index is 656. The predicted octanol–water partition coefficient (Wildman–Crippen LogP) is 2.93. The lowest BCUT2D eigenvalue weighted by Gasteiger charge is -2.19. The van der Waals surface area contributed by atoms with E-state index in [1.165, 1.54) is 5.56 Å². The summed E-state index contributed by atoms with van der Waals surface area (Å²) in [4.78, 5) is 11.3. The highest BCUT2D eigenvalue weighted by Gasteiger charge is 2.28. The highest BCUT2D eigenvalue weighted by molar-refractivity contribution is 5.90. The molecule has 0 saturated heterocycles. The molecule has 0 atom stereocenters. The lowest BCUT2D eigenvalue weighted by molar-refractivity contribution is 0.0688. The van der Waals surface area contributed by atoms with Gasteiger partial charge in [-0.3, -0.25) is 4.68 Å². The molecule has 98 valence electrons. The van der Waals surface area contributed by atoms with Crippen molar-refractivity contribution in [2.75, 3.05) is 0 Å². The molecule has 4 nitrogen and oxygen atoms in total. The smallest absolute Gasteiger partial charge is 0.356 e. The Balaban J connectivity index is 2.31. The van der Waals surface area contributed by atoms with Crippen LogP contribution in [0, 0.1) is 0 Å². The van der Waals surface area contributed by atoms with Crippen LogP contribution in [0.25, 0.3) is 11.3 Å². The molecule has 4 heteroatoms. The van der Waals surface area contributed by atoms with E-state index < -0.39 is 5.97 Å². The van der Waals surface area contributed by atoms with Gasteiger partial charge >= 0.3 is 5.97 Å². The van der Waals surface area contributed by atoms with Crippen LogP contribution in [0.3, 0.4) is 0 Å². The van der Waals surface area contributed by atoms with Gasteiger partial charge in [-0.05, 0) is 32.3 Å². The van der Waals surface area contributed by atoms with Crippen molar-refractivity contribution >= 4 is 5.97 Å². The van der Waals surface area contributed by atoms with Gasteiger partial charge in [0.1, 0.15) is 0 Å². The molecule has 1 N–H and O–H groups in total. The van der Waals surface area contributed by atoms with Gasteiger partial charge in [0.05, 0.1) is 5.69 Å². The first-order valence-electron chi connectivity index (χ1n) is 6.52. The van der Waals surface area contributed by atoms with Crippen LogP contribution in [-0.2, 0) is 12.8 Å².